The number of hydrogen-bond donors (Lipinski definition) is 13. The number of rotatable bonds is 18. The number of aromatic nitrogens is 8. The number of fused-ring (bicyclic) bond motifs is 2. The molecule has 14 unspecified atom stereocenters. The molecule has 2 aliphatic rings. The normalized spacial score (nSPS) is 30.3. The molecule has 14 atom stereocenters. The van der Waals surface area contributed by atoms with Crippen LogP contribution in [0.4, 0.5) is 11.8 Å². The highest BCUT2D eigenvalue weighted by atomic mass is 31.3. The fourth-order valence-electron chi connectivity index (χ4n) is 5.47. The number of phosphoric ester groups is 2. The summed E-state index contributed by atoms with van der Waals surface area (Å²) in [4.78, 5) is 92.4. The van der Waals surface area contributed by atoms with Crippen LogP contribution in [0.25, 0.3) is 22.3 Å². The molecule has 2 saturated heterocycles. The van der Waals surface area contributed by atoms with E-state index in [1.165, 1.54) is 0 Å². The number of hydrogen-bond acceptors (Lipinski definition) is 27. The number of phosphoric acid groups is 6. The SMILES string of the molecule is Nc1nc2c(ncn2C2OC(COP(=O)(O)OP(=O)(O)OP(=O)(O)OP(=O)(O)OP(=O)(O)OP(=O)(O)OCC3OC(n4cnc5c(N)ncnc54)C(O)C3O)C(O)C2O)c(=O)[nH]1. The molecule has 2 fully saturated rings. The molecule has 4 aromatic heterocycles. The first-order chi connectivity index (χ1) is 28.5. The van der Waals surface area contributed by atoms with E-state index in [0.717, 1.165) is 28.1 Å². The van der Waals surface area contributed by atoms with E-state index in [9.17, 15) is 82.0 Å². The fourth-order valence-corrected chi connectivity index (χ4v) is 13.3. The Balaban J connectivity index is 0.995. The number of nitrogens with zero attached hydrogens (tertiary/aromatic N) is 7. The summed E-state index contributed by atoms with van der Waals surface area (Å²) >= 11 is 0. The van der Waals surface area contributed by atoms with Crippen LogP contribution in [0.1, 0.15) is 12.5 Å². The van der Waals surface area contributed by atoms with Crippen LogP contribution in [0, 0.1) is 0 Å². The zero-order valence-corrected chi connectivity index (χ0v) is 35.1. The van der Waals surface area contributed by atoms with Crippen molar-refractivity contribution in [3.8, 4) is 0 Å². The summed E-state index contributed by atoms with van der Waals surface area (Å²) in [6, 6.07) is 0. The number of nitrogen functional groups attached to an aromatic ring is 2. The molecular formula is C20H30N10O26P6. The molecule has 15 N–H and O–H groups in total. The molecule has 42 heteroatoms. The van der Waals surface area contributed by atoms with Gasteiger partial charge in [0.25, 0.3) is 5.56 Å². The monoisotopic (exact) mass is 1010 g/mol. The van der Waals surface area contributed by atoms with E-state index < -0.39 is 115 Å². The summed E-state index contributed by atoms with van der Waals surface area (Å²) in [5.41, 5.74) is 9.99. The van der Waals surface area contributed by atoms with Gasteiger partial charge in [-0.15, -0.1) is 0 Å². The lowest BCUT2D eigenvalue weighted by Crippen LogP contribution is -2.33. The van der Waals surface area contributed by atoms with Gasteiger partial charge in [0.15, 0.2) is 35.1 Å². The minimum Gasteiger partial charge on any atom is -0.387 e. The van der Waals surface area contributed by atoms with Gasteiger partial charge < -0.3 is 70.7 Å². The highest BCUT2D eigenvalue weighted by Gasteiger charge is 2.52. The molecule has 0 radical (unpaired) electrons. The Morgan fingerprint density at radius 3 is 1.45 bits per heavy atom. The van der Waals surface area contributed by atoms with Crippen molar-refractivity contribution in [2.45, 2.75) is 49.1 Å². The second-order valence-electron chi connectivity index (χ2n) is 12.3. The maximum atomic E-state index is 12.4. The Bertz CT molecular complexity index is 2700. The smallest absolute Gasteiger partial charge is 0.387 e. The molecule has 0 spiro atoms. The number of aliphatic hydroxyl groups excluding tert-OH is 4. The van der Waals surface area contributed by atoms with E-state index in [4.69, 9.17) is 20.9 Å². The summed E-state index contributed by atoms with van der Waals surface area (Å²) in [7, 11) is -38.1. The summed E-state index contributed by atoms with van der Waals surface area (Å²) < 4.78 is 114. The predicted octanol–water partition coefficient (Wildman–Crippen LogP) is -2.92. The zero-order valence-electron chi connectivity index (χ0n) is 29.7. The predicted molar refractivity (Wildman–Crippen MR) is 190 cm³/mol. The average Bonchev–Trinajstić information content (AvgIpc) is 3.86. The number of nitrogens with two attached hydrogens (primary N) is 2. The van der Waals surface area contributed by atoms with Crippen molar-refractivity contribution in [1.82, 2.24) is 39.0 Å². The number of aromatic amines is 1. The number of anilines is 2. The summed E-state index contributed by atoms with van der Waals surface area (Å²) in [5.74, 6) is -0.441. The van der Waals surface area contributed by atoms with Gasteiger partial charge >= 0.3 is 46.9 Å². The van der Waals surface area contributed by atoms with Crippen LogP contribution < -0.4 is 17.0 Å². The highest BCUT2D eigenvalue weighted by Crippen LogP contribution is 2.75. The van der Waals surface area contributed by atoms with Crippen LogP contribution >= 0.6 is 46.9 Å². The largest absolute Gasteiger partial charge is 0.490 e. The Hall–Kier alpha value is -2.88. The molecule has 4 aromatic rings. The van der Waals surface area contributed by atoms with Gasteiger partial charge in [-0.25, -0.2) is 47.3 Å². The minimum atomic E-state index is -6.61. The first kappa shape index (κ1) is 48.6. The first-order valence-electron chi connectivity index (χ1n) is 16.0. The summed E-state index contributed by atoms with van der Waals surface area (Å²) in [6.07, 6.45) is -11.0. The van der Waals surface area contributed by atoms with Crippen LogP contribution in [0.2, 0.25) is 0 Å². The standard InChI is InChI=1S/C20H30N10O26P6/c21-14-8-15(24-3-23-14)29(4-25-8)18-12(33)10(31)6(50-18)1-48-57(36,37)52-59(40,41)54-61(44,45)56-62(46,47)55-60(42,43)53-58(38,39)49-2-7-11(32)13(34)19(51-7)30-5-26-9-16(30)27-20(22)28-17(9)35/h3-7,10-13,18-19,31-34H,1-2H2,(H,36,37)(H,38,39)(H,40,41)(H,42,43)(H,44,45)(H,46,47)(H2,21,23,24)(H3,22,27,28,35). The number of imidazole rings is 2. The number of ether oxygens (including phenoxy) is 2. The van der Waals surface area contributed by atoms with Gasteiger partial charge in [0.2, 0.25) is 5.95 Å². The van der Waals surface area contributed by atoms with Crippen LogP contribution in [-0.4, -0.2) is 139 Å². The number of H-pyrrole nitrogens is 1. The molecule has 36 nitrogen and oxygen atoms in total. The molecule has 6 heterocycles. The van der Waals surface area contributed by atoms with Crippen molar-refractivity contribution in [2.24, 2.45) is 0 Å². The molecular weight excluding hydrogens is 982 g/mol. The Labute approximate surface area is 340 Å². The molecule has 0 aliphatic carbocycles. The number of nitrogens with one attached hydrogen (secondary N) is 1. The van der Waals surface area contributed by atoms with Crippen molar-refractivity contribution in [1.29, 1.82) is 0 Å². The van der Waals surface area contributed by atoms with Crippen molar-refractivity contribution in [3.63, 3.8) is 0 Å². The minimum absolute atomic E-state index is 0.0204. The van der Waals surface area contributed by atoms with Crippen LogP contribution in [0.3, 0.4) is 0 Å². The van der Waals surface area contributed by atoms with Gasteiger partial charge in [-0.05, 0) is 0 Å². The third kappa shape index (κ3) is 11.1. The van der Waals surface area contributed by atoms with Gasteiger partial charge in [-0.3, -0.25) is 28.0 Å². The van der Waals surface area contributed by atoms with Gasteiger partial charge in [-0.2, -0.15) is 26.5 Å². The summed E-state index contributed by atoms with van der Waals surface area (Å²) in [5, 5.41) is 41.8. The molecule has 0 saturated carbocycles. The van der Waals surface area contributed by atoms with Gasteiger partial charge in [0, 0.05) is 0 Å². The quantitative estimate of drug-likeness (QED) is 0.0444. The molecule has 346 valence electrons. The van der Waals surface area contributed by atoms with Crippen molar-refractivity contribution < 1.29 is 117 Å². The maximum absolute atomic E-state index is 12.4. The molecule has 0 aromatic carbocycles. The lowest BCUT2D eigenvalue weighted by molar-refractivity contribution is -0.0503. The topological polar surface area (TPSA) is 547 Å². The molecule has 0 bridgehead atoms. The Kier molecular flexibility index (Phi) is 13.7. The van der Waals surface area contributed by atoms with E-state index in [0.29, 0.717) is 0 Å². The third-order valence-corrected chi connectivity index (χ3v) is 17.1. The molecule has 0 amide bonds. The zero-order chi connectivity index (χ0) is 46.0. The van der Waals surface area contributed by atoms with Gasteiger partial charge in [0.05, 0.1) is 25.9 Å². The van der Waals surface area contributed by atoms with Crippen molar-refractivity contribution >= 4 is 81.0 Å². The average molecular weight is 1010 g/mol. The van der Waals surface area contributed by atoms with E-state index in [-0.39, 0.29) is 34.1 Å². The Morgan fingerprint density at radius 2 is 1.00 bits per heavy atom. The third-order valence-electron chi connectivity index (χ3n) is 7.90. The second-order valence-corrected chi connectivity index (χ2v) is 21.7. The van der Waals surface area contributed by atoms with Gasteiger partial charge in [0.1, 0.15) is 48.5 Å². The molecule has 2 aliphatic heterocycles. The Morgan fingerprint density at radius 1 is 0.597 bits per heavy atom. The van der Waals surface area contributed by atoms with E-state index in [2.05, 4.69) is 60.5 Å². The summed E-state index contributed by atoms with van der Waals surface area (Å²) in [6.45, 7) is -2.49. The lowest BCUT2D eigenvalue weighted by Gasteiger charge is -2.22. The van der Waals surface area contributed by atoms with Crippen LogP contribution in [-0.2, 0) is 67.5 Å². The second kappa shape index (κ2) is 17.5. The van der Waals surface area contributed by atoms with E-state index >= 15 is 0 Å². The van der Waals surface area contributed by atoms with Crippen molar-refractivity contribution in [2.75, 3.05) is 24.7 Å². The first-order valence-corrected chi connectivity index (χ1v) is 25.0. The number of aliphatic hydroxyl groups is 4. The van der Waals surface area contributed by atoms with E-state index in [1.54, 1.807) is 0 Å². The van der Waals surface area contributed by atoms with Crippen LogP contribution in [0.5, 0.6) is 0 Å². The van der Waals surface area contributed by atoms with E-state index in [1.807, 2.05) is 0 Å². The van der Waals surface area contributed by atoms with Gasteiger partial charge in [-0.1, -0.05) is 0 Å². The van der Waals surface area contributed by atoms with Crippen LogP contribution in [0.15, 0.2) is 23.8 Å². The van der Waals surface area contributed by atoms with Crippen molar-refractivity contribution in [3.05, 3.63) is 29.3 Å². The maximum Gasteiger partial charge on any atom is 0.490 e. The highest BCUT2D eigenvalue weighted by molar-refractivity contribution is 7.72. The lowest BCUT2D eigenvalue weighted by atomic mass is 10.1. The molecule has 62 heavy (non-hydrogen) atoms. The fraction of sp³-hybridized carbons (Fsp3) is 0.500. The molecule has 6 rings (SSSR count).